The second-order valence-electron chi connectivity index (χ2n) is 4.20. The Morgan fingerprint density at radius 1 is 1.55 bits per heavy atom. The van der Waals surface area contributed by atoms with Crippen molar-refractivity contribution >= 4 is 23.2 Å². The van der Waals surface area contributed by atoms with Crippen molar-refractivity contribution in [1.82, 2.24) is 25.5 Å². The summed E-state index contributed by atoms with van der Waals surface area (Å²) in [5, 5.41) is 26.7. The van der Waals surface area contributed by atoms with Crippen LogP contribution in [0.15, 0.2) is 16.8 Å². The van der Waals surface area contributed by atoms with Crippen molar-refractivity contribution in [3.63, 3.8) is 0 Å². The van der Waals surface area contributed by atoms with Crippen LogP contribution in [0.4, 0.5) is 0 Å². The van der Waals surface area contributed by atoms with Crippen molar-refractivity contribution in [2.75, 3.05) is 6.54 Å². The molecular formula is C11H13N5O3S. The maximum absolute atomic E-state index is 11.6. The van der Waals surface area contributed by atoms with Crippen molar-refractivity contribution in [3.05, 3.63) is 16.8 Å². The average molecular weight is 295 g/mol. The number of carbonyl (C=O) groups excluding carboxylic acids is 1. The summed E-state index contributed by atoms with van der Waals surface area (Å²) in [7, 11) is 0. The van der Waals surface area contributed by atoms with Gasteiger partial charge in [-0.05, 0) is 16.7 Å². The Labute approximate surface area is 118 Å². The first-order valence-electron chi connectivity index (χ1n) is 5.86. The molecule has 8 nitrogen and oxygen atoms in total. The third kappa shape index (κ3) is 3.60. The zero-order chi connectivity index (χ0) is 14.5. The molecule has 1 amide bonds. The van der Waals surface area contributed by atoms with Gasteiger partial charge < -0.3 is 10.4 Å². The first-order valence-corrected chi connectivity index (χ1v) is 6.80. The van der Waals surface area contributed by atoms with E-state index in [2.05, 4.69) is 20.7 Å². The molecule has 0 spiro atoms. The second kappa shape index (κ2) is 6.24. The predicted molar refractivity (Wildman–Crippen MR) is 70.9 cm³/mol. The first-order chi connectivity index (χ1) is 9.56. The molecule has 0 saturated heterocycles. The highest BCUT2D eigenvalue weighted by molar-refractivity contribution is 7.08. The zero-order valence-electron chi connectivity index (χ0n) is 10.7. The van der Waals surface area contributed by atoms with E-state index in [0.29, 0.717) is 5.82 Å². The van der Waals surface area contributed by atoms with E-state index < -0.39 is 11.9 Å². The summed E-state index contributed by atoms with van der Waals surface area (Å²) in [6.07, 6.45) is 0. The van der Waals surface area contributed by atoms with Crippen LogP contribution in [-0.2, 0) is 16.1 Å². The van der Waals surface area contributed by atoms with Gasteiger partial charge in [-0.3, -0.25) is 9.59 Å². The normalized spacial score (nSPS) is 12.1. The molecule has 2 aromatic rings. The highest BCUT2D eigenvalue weighted by atomic mass is 32.1. The number of amides is 1. The number of carboxylic acids is 1. The minimum absolute atomic E-state index is 0.0697. The lowest BCUT2D eigenvalue weighted by atomic mass is 10.2. The summed E-state index contributed by atoms with van der Waals surface area (Å²) in [5.74, 6) is -1.49. The molecule has 1 unspecified atom stereocenters. The number of nitrogens with zero attached hydrogens (tertiary/aromatic N) is 4. The third-order valence-corrected chi connectivity index (χ3v) is 3.23. The number of aromatic nitrogens is 4. The van der Waals surface area contributed by atoms with Crippen LogP contribution in [0.2, 0.25) is 0 Å². The van der Waals surface area contributed by atoms with Gasteiger partial charge in [0.15, 0.2) is 0 Å². The molecule has 9 heteroatoms. The molecule has 0 fully saturated rings. The monoisotopic (exact) mass is 295 g/mol. The fourth-order valence-corrected chi connectivity index (χ4v) is 1.99. The van der Waals surface area contributed by atoms with Crippen LogP contribution in [0.1, 0.15) is 6.92 Å². The molecule has 0 aliphatic carbocycles. The first kappa shape index (κ1) is 14.1. The van der Waals surface area contributed by atoms with E-state index in [1.165, 1.54) is 23.1 Å². The maximum atomic E-state index is 11.6. The summed E-state index contributed by atoms with van der Waals surface area (Å²) in [5.41, 5.74) is 0.848. The van der Waals surface area contributed by atoms with Crippen molar-refractivity contribution < 1.29 is 14.7 Å². The van der Waals surface area contributed by atoms with Crippen LogP contribution in [0.5, 0.6) is 0 Å². The molecule has 106 valence electrons. The molecule has 2 N–H and O–H groups in total. The van der Waals surface area contributed by atoms with Gasteiger partial charge in [0.1, 0.15) is 6.54 Å². The number of thiophene rings is 1. The molecule has 0 saturated carbocycles. The molecular weight excluding hydrogens is 282 g/mol. The molecule has 1 atom stereocenters. The van der Waals surface area contributed by atoms with Gasteiger partial charge in [-0.2, -0.15) is 16.1 Å². The fourth-order valence-electron chi connectivity index (χ4n) is 1.36. The maximum Gasteiger partial charge on any atom is 0.308 e. The van der Waals surface area contributed by atoms with Gasteiger partial charge in [0, 0.05) is 17.5 Å². The lowest BCUT2D eigenvalue weighted by molar-refractivity contribution is -0.141. The molecule has 0 bridgehead atoms. The molecule has 0 aliphatic rings. The van der Waals surface area contributed by atoms with E-state index >= 15 is 0 Å². The Hall–Kier alpha value is -2.29. The van der Waals surface area contributed by atoms with Crippen LogP contribution in [0.3, 0.4) is 0 Å². The Kier molecular flexibility index (Phi) is 4.41. The Morgan fingerprint density at radius 2 is 2.35 bits per heavy atom. The molecule has 0 aliphatic heterocycles. The lowest BCUT2D eigenvalue weighted by Crippen LogP contribution is -2.34. The zero-order valence-corrected chi connectivity index (χ0v) is 11.5. The standard InChI is InChI=1S/C11H13N5O3S/c1-7(11(18)19)4-12-9(17)5-16-14-10(13-15-16)8-2-3-20-6-8/h2-3,6-7H,4-5H2,1H3,(H,12,17)(H,18,19). The molecule has 20 heavy (non-hydrogen) atoms. The predicted octanol–water partition coefficient (Wildman–Crippen LogP) is 0.238. The summed E-state index contributed by atoms with van der Waals surface area (Å²) >= 11 is 1.52. The molecule has 2 rings (SSSR count). The number of carbonyl (C=O) groups is 2. The van der Waals surface area contributed by atoms with Crippen LogP contribution in [0, 0.1) is 5.92 Å². The van der Waals surface area contributed by atoms with Crippen LogP contribution >= 0.6 is 11.3 Å². The number of hydrogen-bond acceptors (Lipinski definition) is 6. The van der Waals surface area contributed by atoms with Gasteiger partial charge in [0.25, 0.3) is 0 Å². The van der Waals surface area contributed by atoms with Crippen molar-refractivity contribution in [1.29, 1.82) is 0 Å². The number of rotatable bonds is 6. The Bertz CT molecular complexity index is 595. The second-order valence-corrected chi connectivity index (χ2v) is 4.98. The van der Waals surface area contributed by atoms with Gasteiger partial charge in [-0.15, -0.1) is 10.2 Å². The molecule has 2 heterocycles. The van der Waals surface area contributed by atoms with Crippen molar-refractivity contribution in [3.8, 4) is 11.4 Å². The minimum Gasteiger partial charge on any atom is -0.481 e. The average Bonchev–Trinajstić information content (AvgIpc) is 3.05. The van der Waals surface area contributed by atoms with E-state index in [0.717, 1.165) is 5.56 Å². The van der Waals surface area contributed by atoms with Crippen molar-refractivity contribution in [2.24, 2.45) is 5.92 Å². The van der Waals surface area contributed by atoms with Gasteiger partial charge in [0.05, 0.1) is 5.92 Å². The number of tetrazole rings is 1. The molecule has 0 aromatic carbocycles. The third-order valence-electron chi connectivity index (χ3n) is 2.54. The van der Waals surface area contributed by atoms with Gasteiger partial charge >= 0.3 is 5.97 Å². The van der Waals surface area contributed by atoms with Gasteiger partial charge in [-0.1, -0.05) is 6.92 Å². The molecule has 0 radical (unpaired) electrons. The van der Waals surface area contributed by atoms with Crippen molar-refractivity contribution in [2.45, 2.75) is 13.5 Å². The largest absolute Gasteiger partial charge is 0.481 e. The lowest BCUT2D eigenvalue weighted by Gasteiger charge is -2.07. The Balaban J connectivity index is 1.87. The van der Waals surface area contributed by atoms with E-state index in [1.807, 2.05) is 16.8 Å². The highest BCUT2D eigenvalue weighted by Gasteiger charge is 2.13. The summed E-state index contributed by atoms with van der Waals surface area (Å²) in [4.78, 5) is 23.4. The van der Waals surface area contributed by atoms with Crippen LogP contribution in [0.25, 0.3) is 11.4 Å². The SMILES string of the molecule is CC(CNC(=O)Cn1nnc(-c2ccsc2)n1)C(=O)O. The van der Waals surface area contributed by atoms with E-state index in [4.69, 9.17) is 5.11 Å². The quantitative estimate of drug-likeness (QED) is 0.790. The number of aliphatic carboxylic acids is 1. The number of carboxylic acid groups (broad SMARTS) is 1. The van der Waals surface area contributed by atoms with Crippen LogP contribution in [-0.4, -0.2) is 43.7 Å². The topological polar surface area (TPSA) is 110 Å². The van der Waals surface area contributed by atoms with E-state index in [1.54, 1.807) is 0 Å². The number of hydrogen-bond donors (Lipinski definition) is 2. The van der Waals surface area contributed by atoms with Gasteiger partial charge in [-0.25, -0.2) is 0 Å². The summed E-state index contributed by atoms with van der Waals surface area (Å²) < 4.78 is 0. The fraction of sp³-hybridized carbons (Fsp3) is 0.364. The number of nitrogens with one attached hydrogen (secondary N) is 1. The molecule has 2 aromatic heterocycles. The highest BCUT2D eigenvalue weighted by Crippen LogP contribution is 2.16. The van der Waals surface area contributed by atoms with Gasteiger partial charge in [0.2, 0.25) is 11.7 Å². The van der Waals surface area contributed by atoms with Crippen LogP contribution < -0.4 is 5.32 Å². The Morgan fingerprint density at radius 3 is 3.00 bits per heavy atom. The van der Waals surface area contributed by atoms with E-state index in [-0.39, 0.29) is 19.0 Å². The summed E-state index contributed by atoms with van der Waals surface area (Å²) in [6, 6.07) is 1.86. The minimum atomic E-state index is -0.955. The van der Waals surface area contributed by atoms with E-state index in [9.17, 15) is 9.59 Å². The summed E-state index contributed by atoms with van der Waals surface area (Å²) in [6.45, 7) is 1.49. The smallest absolute Gasteiger partial charge is 0.308 e.